The molecule has 5 N–H and O–H groups in total. The Morgan fingerprint density at radius 2 is 2.08 bits per heavy atom. The summed E-state index contributed by atoms with van der Waals surface area (Å²) >= 11 is 0. The molecule has 0 atom stereocenters. The molecule has 5 rings (SSSR count). The van der Waals surface area contributed by atoms with E-state index in [-0.39, 0.29) is 54.3 Å². The number of carbonyl (C=O) groups excluding carboxylic acids is 1. The van der Waals surface area contributed by atoms with Crippen molar-refractivity contribution in [2.45, 2.75) is 38.9 Å². The van der Waals surface area contributed by atoms with Gasteiger partial charge in [0.1, 0.15) is 22.7 Å². The summed E-state index contributed by atoms with van der Waals surface area (Å²) in [6.45, 7) is 2.18. The van der Waals surface area contributed by atoms with Crippen molar-refractivity contribution < 1.29 is 13.9 Å². The molecule has 0 radical (unpaired) electrons. The number of nitrogens with two attached hydrogens (primary N) is 2. The summed E-state index contributed by atoms with van der Waals surface area (Å²) in [6.07, 6.45) is 6.36. The van der Waals surface area contributed by atoms with E-state index in [1.54, 1.807) is 17.7 Å². The third-order valence-corrected chi connectivity index (χ3v) is 5.67. The van der Waals surface area contributed by atoms with Crippen LogP contribution in [0.15, 0.2) is 29.5 Å². The molecule has 36 heavy (non-hydrogen) atoms. The molecule has 4 aromatic heterocycles. The Balaban J connectivity index is 1.39. The highest BCUT2D eigenvalue weighted by Gasteiger charge is 2.28. The summed E-state index contributed by atoms with van der Waals surface area (Å²) in [4.78, 5) is 37.4. The van der Waals surface area contributed by atoms with E-state index in [4.69, 9.17) is 16.2 Å². The predicted molar refractivity (Wildman–Crippen MR) is 127 cm³/mol. The summed E-state index contributed by atoms with van der Waals surface area (Å²) in [5, 5.41) is 11.0. The molecular weight excluding hydrogens is 471 g/mol. The lowest BCUT2D eigenvalue weighted by Crippen LogP contribution is -2.22. The minimum Gasteiger partial charge on any atom is -0.462 e. The van der Waals surface area contributed by atoms with Gasteiger partial charge in [-0.15, -0.1) is 5.10 Å². The van der Waals surface area contributed by atoms with Gasteiger partial charge in [-0.25, -0.2) is 23.8 Å². The van der Waals surface area contributed by atoms with Crippen molar-refractivity contribution in [1.29, 1.82) is 0 Å². The van der Waals surface area contributed by atoms with Crippen molar-refractivity contribution in [2.75, 3.05) is 23.4 Å². The molecule has 0 bridgehead atoms. The first-order valence-corrected chi connectivity index (χ1v) is 11.3. The van der Waals surface area contributed by atoms with Gasteiger partial charge in [-0.2, -0.15) is 4.98 Å². The number of esters is 1. The van der Waals surface area contributed by atoms with Gasteiger partial charge in [-0.05, 0) is 25.8 Å². The Kier molecular flexibility index (Phi) is 5.91. The van der Waals surface area contributed by atoms with Crippen molar-refractivity contribution in [3.8, 4) is 0 Å². The van der Waals surface area contributed by atoms with Crippen LogP contribution in [0, 0.1) is 5.82 Å². The maximum absolute atomic E-state index is 14.9. The number of carbonyl (C=O) groups is 1. The minimum absolute atomic E-state index is 0.0183. The summed E-state index contributed by atoms with van der Waals surface area (Å²) in [5.41, 5.74) is 12.0. The van der Waals surface area contributed by atoms with E-state index in [2.05, 4.69) is 30.6 Å². The van der Waals surface area contributed by atoms with Crippen LogP contribution in [-0.4, -0.2) is 47.1 Å². The maximum Gasteiger partial charge on any atom is 0.343 e. The molecule has 186 valence electrons. The van der Waals surface area contributed by atoms with Gasteiger partial charge >= 0.3 is 5.97 Å². The van der Waals surface area contributed by atoms with Crippen molar-refractivity contribution in [2.24, 2.45) is 0 Å². The average Bonchev–Trinajstić information content (AvgIpc) is 3.59. The Bertz CT molecular complexity index is 1530. The van der Waals surface area contributed by atoms with Gasteiger partial charge in [0.2, 0.25) is 11.4 Å². The van der Waals surface area contributed by atoms with Gasteiger partial charge in [0.05, 0.1) is 31.3 Å². The van der Waals surface area contributed by atoms with Crippen LogP contribution in [0.4, 0.5) is 22.0 Å². The standard InChI is InChI=1S/C22H23FN10O3/c1-2-36-21(35)15-10-33(13-3-4-13)20-14(17(15)34)5-16(23)19(29-20)26-7-12-9-32(31-30-12)8-11-6-27-22(25)28-18(11)24/h5-6,9-10,13H,2-4,7-8H2,1H3,(H,26,29)(H4,24,25,27,28). The Morgan fingerprint density at radius 3 is 2.81 bits per heavy atom. The number of hydrogen-bond acceptors (Lipinski definition) is 11. The number of ether oxygens (including phenoxy) is 1. The average molecular weight is 494 g/mol. The predicted octanol–water partition coefficient (Wildman–Crippen LogP) is 1.25. The van der Waals surface area contributed by atoms with E-state index in [1.165, 1.54) is 17.1 Å². The van der Waals surface area contributed by atoms with Crippen LogP contribution in [0.5, 0.6) is 0 Å². The fourth-order valence-electron chi connectivity index (χ4n) is 3.76. The molecule has 0 aromatic carbocycles. The van der Waals surface area contributed by atoms with Gasteiger partial charge in [0.15, 0.2) is 11.6 Å². The lowest BCUT2D eigenvalue weighted by atomic mass is 10.2. The van der Waals surface area contributed by atoms with Crippen LogP contribution >= 0.6 is 0 Å². The number of pyridine rings is 2. The maximum atomic E-state index is 14.9. The largest absolute Gasteiger partial charge is 0.462 e. The van der Waals surface area contributed by atoms with E-state index < -0.39 is 17.2 Å². The summed E-state index contributed by atoms with van der Waals surface area (Å²) < 4.78 is 23.2. The topological polar surface area (TPSA) is 182 Å². The third kappa shape index (κ3) is 4.52. The number of fused-ring (bicyclic) bond motifs is 1. The Morgan fingerprint density at radius 1 is 1.28 bits per heavy atom. The SMILES string of the molecule is CCOC(=O)c1cn(C2CC2)c2nc(NCc3cn(Cc4cnc(N)nc4N)nn3)c(F)cc2c1=O. The molecule has 0 amide bonds. The fraction of sp³-hybridized carbons (Fsp3) is 0.318. The number of aromatic nitrogens is 7. The lowest BCUT2D eigenvalue weighted by Gasteiger charge is -2.13. The highest BCUT2D eigenvalue weighted by atomic mass is 19.1. The van der Waals surface area contributed by atoms with E-state index in [1.807, 2.05) is 0 Å². The van der Waals surface area contributed by atoms with Crippen molar-refractivity contribution >= 4 is 34.6 Å². The summed E-state index contributed by atoms with van der Waals surface area (Å²) in [6, 6.07) is 1.17. The van der Waals surface area contributed by atoms with Crippen LogP contribution < -0.4 is 22.2 Å². The third-order valence-electron chi connectivity index (χ3n) is 5.67. The molecule has 0 spiro atoms. The van der Waals surface area contributed by atoms with Crippen LogP contribution in [0.1, 0.15) is 47.4 Å². The first kappa shape index (κ1) is 23.1. The molecular formula is C22H23FN10O3. The summed E-state index contributed by atoms with van der Waals surface area (Å²) in [5.74, 6) is -1.20. The fourth-order valence-corrected chi connectivity index (χ4v) is 3.76. The number of nitrogens with zero attached hydrogens (tertiary/aromatic N) is 7. The van der Waals surface area contributed by atoms with Crippen LogP contribution in [0.25, 0.3) is 11.0 Å². The molecule has 1 saturated carbocycles. The van der Waals surface area contributed by atoms with Gasteiger partial charge < -0.3 is 26.1 Å². The second-order valence-corrected chi connectivity index (χ2v) is 8.32. The molecule has 4 heterocycles. The molecule has 13 nitrogen and oxygen atoms in total. The van der Waals surface area contributed by atoms with Crippen molar-refractivity contribution in [1.82, 2.24) is 34.5 Å². The number of anilines is 3. The number of hydrogen-bond donors (Lipinski definition) is 3. The number of nitrogen functional groups attached to an aromatic ring is 2. The quantitative estimate of drug-likeness (QED) is 0.300. The number of halogens is 1. The minimum atomic E-state index is -0.739. The smallest absolute Gasteiger partial charge is 0.343 e. The normalized spacial score (nSPS) is 13.2. The van der Waals surface area contributed by atoms with E-state index in [0.717, 1.165) is 18.9 Å². The van der Waals surface area contributed by atoms with Crippen molar-refractivity contribution in [3.63, 3.8) is 0 Å². The monoisotopic (exact) mass is 494 g/mol. The second kappa shape index (κ2) is 9.20. The number of rotatable bonds is 8. The zero-order valence-electron chi connectivity index (χ0n) is 19.3. The molecule has 4 aromatic rings. The molecule has 0 unspecified atom stereocenters. The molecule has 0 aliphatic heterocycles. The first-order chi connectivity index (χ1) is 17.3. The van der Waals surface area contributed by atoms with E-state index in [9.17, 15) is 14.0 Å². The van der Waals surface area contributed by atoms with Gasteiger partial charge in [0, 0.05) is 24.0 Å². The van der Waals surface area contributed by atoms with Crippen LogP contribution in [0.3, 0.4) is 0 Å². The lowest BCUT2D eigenvalue weighted by molar-refractivity contribution is 0.0524. The highest BCUT2D eigenvalue weighted by molar-refractivity contribution is 5.93. The Labute approximate surface area is 203 Å². The zero-order valence-corrected chi connectivity index (χ0v) is 19.3. The van der Waals surface area contributed by atoms with Gasteiger partial charge in [-0.3, -0.25) is 4.79 Å². The van der Waals surface area contributed by atoms with E-state index >= 15 is 0 Å². The zero-order chi connectivity index (χ0) is 25.4. The molecule has 14 heteroatoms. The molecule has 1 aliphatic carbocycles. The molecule has 1 aliphatic rings. The first-order valence-electron chi connectivity index (χ1n) is 11.3. The Hall–Kier alpha value is -4.62. The van der Waals surface area contributed by atoms with Gasteiger partial charge in [-0.1, -0.05) is 5.21 Å². The van der Waals surface area contributed by atoms with Gasteiger partial charge in [0.25, 0.3) is 0 Å². The molecule has 0 saturated heterocycles. The highest BCUT2D eigenvalue weighted by Crippen LogP contribution is 2.37. The van der Waals surface area contributed by atoms with Crippen LogP contribution in [-0.2, 0) is 17.8 Å². The summed E-state index contributed by atoms with van der Waals surface area (Å²) in [7, 11) is 0. The molecule has 1 fully saturated rings. The van der Waals surface area contributed by atoms with Crippen molar-refractivity contribution in [3.05, 3.63) is 57.5 Å². The second-order valence-electron chi connectivity index (χ2n) is 8.32. The van der Waals surface area contributed by atoms with Crippen LogP contribution in [0.2, 0.25) is 0 Å². The van der Waals surface area contributed by atoms with E-state index in [0.29, 0.717) is 16.9 Å². The number of nitrogens with one attached hydrogen (secondary N) is 1.